The van der Waals surface area contributed by atoms with E-state index < -0.39 is 10.0 Å². The number of anilines is 1. The Hall–Kier alpha value is -1.44. The van der Waals surface area contributed by atoms with Gasteiger partial charge in [-0.05, 0) is 43.0 Å². The van der Waals surface area contributed by atoms with E-state index in [9.17, 15) is 13.2 Å². The zero-order valence-electron chi connectivity index (χ0n) is 13.0. The third-order valence-corrected chi connectivity index (χ3v) is 5.81. The van der Waals surface area contributed by atoms with E-state index in [0.29, 0.717) is 17.2 Å². The third kappa shape index (κ3) is 3.57. The van der Waals surface area contributed by atoms with E-state index in [0.717, 1.165) is 32.4 Å². The van der Waals surface area contributed by atoms with E-state index in [-0.39, 0.29) is 17.1 Å². The SMILES string of the molecule is NS(=O)(=O)Cc1ccc(NC(=O)[C@@]23CCCC[C@H]2CNC3)cc1. The summed E-state index contributed by atoms with van der Waals surface area (Å²) >= 11 is 0. The van der Waals surface area contributed by atoms with Crippen molar-refractivity contribution in [2.45, 2.75) is 31.4 Å². The molecule has 1 aliphatic heterocycles. The minimum Gasteiger partial charge on any atom is -0.326 e. The number of hydrogen-bond acceptors (Lipinski definition) is 4. The van der Waals surface area contributed by atoms with Crippen molar-refractivity contribution >= 4 is 21.6 Å². The molecule has 2 atom stereocenters. The van der Waals surface area contributed by atoms with Gasteiger partial charge in [-0.1, -0.05) is 25.0 Å². The summed E-state index contributed by atoms with van der Waals surface area (Å²) in [7, 11) is -3.54. The van der Waals surface area contributed by atoms with Gasteiger partial charge in [0, 0.05) is 12.2 Å². The molecule has 1 saturated heterocycles. The van der Waals surface area contributed by atoms with Gasteiger partial charge in [-0.3, -0.25) is 4.79 Å². The second kappa shape index (κ2) is 6.22. The van der Waals surface area contributed by atoms with Gasteiger partial charge in [0.15, 0.2) is 0 Å². The molecule has 1 amide bonds. The lowest BCUT2D eigenvalue weighted by Crippen LogP contribution is -2.44. The first kappa shape index (κ1) is 16.4. The summed E-state index contributed by atoms with van der Waals surface area (Å²) in [4.78, 5) is 12.8. The molecule has 126 valence electrons. The van der Waals surface area contributed by atoms with Crippen LogP contribution in [-0.2, 0) is 20.6 Å². The lowest BCUT2D eigenvalue weighted by molar-refractivity contribution is -0.128. The van der Waals surface area contributed by atoms with Gasteiger partial charge in [0.2, 0.25) is 15.9 Å². The highest BCUT2D eigenvalue weighted by molar-refractivity contribution is 7.88. The van der Waals surface area contributed by atoms with Gasteiger partial charge in [-0.15, -0.1) is 0 Å². The molecule has 6 nitrogen and oxygen atoms in total. The van der Waals surface area contributed by atoms with Gasteiger partial charge in [0.25, 0.3) is 0 Å². The minimum absolute atomic E-state index is 0.0754. The standard InChI is InChI=1S/C16H23N3O3S/c17-23(21,22)10-12-4-6-14(7-5-12)19-15(20)16-8-2-1-3-13(16)9-18-11-16/h4-7,13,18H,1-3,8-11H2,(H,19,20)(H2,17,21,22)/t13-,16+/m0/s1. The molecule has 1 heterocycles. The van der Waals surface area contributed by atoms with Crippen LogP contribution in [0.2, 0.25) is 0 Å². The predicted octanol–water partition coefficient (Wildman–Crippen LogP) is 1.19. The van der Waals surface area contributed by atoms with Gasteiger partial charge in [0.05, 0.1) is 11.2 Å². The Balaban J connectivity index is 1.70. The maximum atomic E-state index is 12.8. The summed E-state index contributed by atoms with van der Waals surface area (Å²) in [6, 6.07) is 6.83. The van der Waals surface area contributed by atoms with Crippen LogP contribution in [0, 0.1) is 11.3 Å². The zero-order chi connectivity index (χ0) is 16.5. The molecule has 1 aromatic rings. The topological polar surface area (TPSA) is 101 Å². The van der Waals surface area contributed by atoms with Crippen molar-refractivity contribution < 1.29 is 13.2 Å². The van der Waals surface area contributed by atoms with Gasteiger partial charge in [-0.25, -0.2) is 13.6 Å². The van der Waals surface area contributed by atoms with Crippen LogP contribution in [0.5, 0.6) is 0 Å². The summed E-state index contributed by atoms with van der Waals surface area (Å²) in [6.45, 7) is 1.66. The molecular weight excluding hydrogens is 314 g/mol. The summed E-state index contributed by atoms with van der Waals surface area (Å²) in [5.74, 6) is 0.293. The van der Waals surface area contributed by atoms with Crippen molar-refractivity contribution in [3.05, 3.63) is 29.8 Å². The van der Waals surface area contributed by atoms with Crippen LogP contribution < -0.4 is 15.8 Å². The summed E-state index contributed by atoms with van der Waals surface area (Å²) < 4.78 is 22.2. The number of carbonyl (C=O) groups excluding carboxylic acids is 1. The normalized spacial score (nSPS) is 27.4. The summed E-state index contributed by atoms with van der Waals surface area (Å²) in [5, 5.41) is 11.4. The second-order valence-electron chi connectivity index (χ2n) is 6.69. The molecule has 2 fully saturated rings. The molecule has 1 aromatic carbocycles. The maximum Gasteiger partial charge on any atom is 0.232 e. The predicted molar refractivity (Wildman–Crippen MR) is 89.1 cm³/mol. The summed E-state index contributed by atoms with van der Waals surface area (Å²) in [6.07, 6.45) is 4.33. The summed E-state index contributed by atoms with van der Waals surface area (Å²) in [5.41, 5.74) is 1.01. The van der Waals surface area contributed by atoms with Crippen LogP contribution in [0.25, 0.3) is 0 Å². The second-order valence-corrected chi connectivity index (χ2v) is 8.30. The number of amides is 1. The molecular formula is C16H23N3O3S. The van der Waals surface area contributed by atoms with E-state index in [1.165, 1.54) is 6.42 Å². The number of sulfonamides is 1. The Kier molecular flexibility index (Phi) is 4.44. The van der Waals surface area contributed by atoms with Crippen molar-refractivity contribution in [2.24, 2.45) is 16.5 Å². The molecule has 0 bridgehead atoms. The van der Waals surface area contributed by atoms with E-state index >= 15 is 0 Å². The largest absolute Gasteiger partial charge is 0.326 e. The highest BCUT2D eigenvalue weighted by Gasteiger charge is 2.49. The first-order chi connectivity index (χ1) is 10.9. The molecule has 23 heavy (non-hydrogen) atoms. The molecule has 0 aromatic heterocycles. The molecule has 4 N–H and O–H groups in total. The first-order valence-electron chi connectivity index (χ1n) is 8.01. The van der Waals surface area contributed by atoms with Crippen molar-refractivity contribution in [3.63, 3.8) is 0 Å². The van der Waals surface area contributed by atoms with Crippen molar-refractivity contribution in [2.75, 3.05) is 18.4 Å². The molecule has 3 rings (SSSR count). The third-order valence-electron chi connectivity index (χ3n) is 5.07. The monoisotopic (exact) mass is 337 g/mol. The number of fused-ring (bicyclic) bond motifs is 1. The first-order valence-corrected chi connectivity index (χ1v) is 9.72. The van der Waals surface area contributed by atoms with Crippen molar-refractivity contribution in [3.8, 4) is 0 Å². The number of carbonyl (C=O) groups is 1. The average molecular weight is 337 g/mol. The van der Waals surface area contributed by atoms with E-state index in [1.807, 2.05) is 0 Å². The highest BCUT2D eigenvalue weighted by atomic mass is 32.2. The molecule has 0 radical (unpaired) electrons. The van der Waals surface area contributed by atoms with Gasteiger partial charge >= 0.3 is 0 Å². The lowest BCUT2D eigenvalue weighted by Gasteiger charge is -2.37. The minimum atomic E-state index is -3.54. The average Bonchev–Trinajstić information content (AvgIpc) is 2.93. The van der Waals surface area contributed by atoms with Crippen LogP contribution in [0.3, 0.4) is 0 Å². The fraction of sp³-hybridized carbons (Fsp3) is 0.562. The van der Waals surface area contributed by atoms with E-state index in [2.05, 4.69) is 10.6 Å². The van der Waals surface area contributed by atoms with Gasteiger partial charge in [0.1, 0.15) is 0 Å². The fourth-order valence-electron chi connectivity index (χ4n) is 3.86. The van der Waals surface area contributed by atoms with E-state index in [1.54, 1.807) is 24.3 Å². The Bertz CT molecular complexity index is 687. The highest BCUT2D eigenvalue weighted by Crippen LogP contribution is 2.44. The Labute approximate surface area is 136 Å². The molecule has 2 aliphatic rings. The van der Waals surface area contributed by atoms with Crippen molar-refractivity contribution in [1.29, 1.82) is 0 Å². The van der Waals surface area contributed by atoms with Crippen LogP contribution >= 0.6 is 0 Å². The zero-order valence-corrected chi connectivity index (χ0v) is 13.9. The smallest absolute Gasteiger partial charge is 0.232 e. The number of nitrogens with one attached hydrogen (secondary N) is 2. The number of primary sulfonamides is 1. The molecule has 0 spiro atoms. The van der Waals surface area contributed by atoms with Crippen LogP contribution in [0.1, 0.15) is 31.2 Å². The Morgan fingerprint density at radius 1 is 1.30 bits per heavy atom. The maximum absolute atomic E-state index is 12.8. The fourth-order valence-corrected chi connectivity index (χ4v) is 4.52. The van der Waals surface area contributed by atoms with Crippen molar-refractivity contribution in [1.82, 2.24) is 5.32 Å². The quantitative estimate of drug-likeness (QED) is 0.768. The van der Waals surface area contributed by atoms with Crippen LogP contribution in [0.4, 0.5) is 5.69 Å². The number of hydrogen-bond donors (Lipinski definition) is 3. The molecule has 7 heteroatoms. The number of rotatable bonds is 4. The van der Waals surface area contributed by atoms with Crippen LogP contribution in [-0.4, -0.2) is 27.4 Å². The van der Waals surface area contributed by atoms with Crippen LogP contribution in [0.15, 0.2) is 24.3 Å². The number of nitrogens with two attached hydrogens (primary N) is 1. The van der Waals surface area contributed by atoms with Gasteiger partial charge in [-0.2, -0.15) is 0 Å². The Morgan fingerprint density at radius 3 is 2.74 bits per heavy atom. The Morgan fingerprint density at radius 2 is 2.04 bits per heavy atom. The lowest BCUT2D eigenvalue weighted by atomic mass is 9.67. The molecule has 1 aliphatic carbocycles. The van der Waals surface area contributed by atoms with Gasteiger partial charge < -0.3 is 10.6 Å². The number of benzene rings is 1. The molecule has 1 saturated carbocycles. The van der Waals surface area contributed by atoms with E-state index in [4.69, 9.17) is 5.14 Å². The molecule has 0 unspecified atom stereocenters.